The molecule has 0 heterocycles. The van der Waals surface area contributed by atoms with Crippen molar-refractivity contribution >= 4 is 34.6 Å². The number of para-hydroxylation sites is 1. The average molecular weight is 244 g/mol. The fourth-order valence-corrected chi connectivity index (χ4v) is 1.76. The van der Waals surface area contributed by atoms with Crippen molar-refractivity contribution in [3.05, 3.63) is 28.2 Å². The fraction of sp³-hybridized carbons (Fsp3) is 0.417. The van der Waals surface area contributed by atoms with Crippen molar-refractivity contribution in [2.45, 2.75) is 33.1 Å². The van der Waals surface area contributed by atoms with E-state index in [2.05, 4.69) is 11.9 Å². The molecule has 0 aromatic heterocycles. The van der Waals surface area contributed by atoms with Gasteiger partial charge in [0.25, 0.3) is 0 Å². The van der Waals surface area contributed by atoms with E-state index in [9.17, 15) is 0 Å². The third-order valence-corrected chi connectivity index (χ3v) is 2.74. The zero-order valence-corrected chi connectivity index (χ0v) is 10.6. The maximum absolute atomic E-state index is 6.02. The molecule has 0 saturated carbocycles. The summed E-state index contributed by atoms with van der Waals surface area (Å²) in [5, 5.41) is 1.22. The van der Waals surface area contributed by atoms with Crippen molar-refractivity contribution in [3.63, 3.8) is 0 Å². The van der Waals surface area contributed by atoms with Crippen LogP contribution in [-0.4, -0.2) is 5.71 Å². The molecule has 15 heavy (non-hydrogen) atoms. The van der Waals surface area contributed by atoms with E-state index < -0.39 is 0 Å². The Kier molecular flexibility index (Phi) is 5.13. The van der Waals surface area contributed by atoms with E-state index in [0.717, 1.165) is 18.6 Å². The molecule has 0 unspecified atom stereocenters. The van der Waals surface area contributed by atoms with Crippen LogP contribution in [0.15, 0.2) is 23.2 Å². The minimum atomic E-state index is 0.610. The third-order valence-electron chi connectivity index (χ3n) is 2.13. The van der Waals surface area contributed by atoms with Crippen LogP contribution in [-0.2, 0) is 0 Å². The van der Waals surface area contributed by atoms with Crippen LogP contribution in [0.25, 0.3) is 0 Å². The van der Waals surface area contributed by atoms with Gasteiger partial charge in [-0.05, 0) is 31.9 Å². The van der Waals surface area contributed by atoms with E-state index in [-0.39, 0.29) is 0 Å². The summed E-state index contributed by atoms with van der Waals surface area (Å²) in [7, 11) is 0. The molecule has 0 N–H and O–H groups in total. The molecule has 0 aliphatic carbocycles. The van der Waals surface area contributed by atoms with Gasteiger partial charge >= 0.3 is 0 Å². The Labute approximate surface area is 101 Å². The molecule has 82 valence electrons. The molecule has 0 fully saturated rings. The van der Waals surface area contributed by atoms with Crippen LogP contribution in [0, 0.1) is 0 Å². The van der Waals surface area contributed by atoms with Gasteiger partial charge in [0, 0.05) is 5.71 Å². The van der Waals surface area contributed by atoms with E-state index >= 15 is 0 Å². The number of benzene rings is 1. The highest BCUT2D eigenvalue weighted by atomic mass is 35.5. The van der Waals surface area contributed by atoms with E-state index in [1.807, 2.05) is 13.0 Å². The molecule has 0 aliphatic rings. The highest BCUT2D eigenvalue weighted by Crippen LogP contribution is 2.32. The molecule has 0 saturated heterocycles. The van der Waals surface area contributed by atoms with Crippen molar-refractivity contribution in [3.8, 4) is 0 Å². The smallest absolute Gasteiger partial charge is 0.100 e. The van der Waals surface area contributed by atoms with Crippen LogP contribution >= 0.6 is 23.2 Å². The Morgan fingerprint density at radius 2 is 1.87 bits per heavy atom. The molecule has 1 nitrogen and oxygen atoms in total. The van der Waals surface area contributed by atoms with E-state index in [4.69, 9.17) is 23.2 Å². The second kappa shape index (κ2) is 6.14. The van der Waals surface area contributed by atoms with Gasteiger partial charge in [-0.3, -0.25) is 4.99 Å². The van der Waals surface area contributed by atoms with Crippen molar-refractivity contribution in [2.24, 2.45) is 4.99 Å². The standard InChI is InChI=1S/C12H15Cl2N/c1-3-4-6-9(2)15-12-10(13)7-5-8-11(12)14/h5,7-8H,3-4,6H2,1-2H3/b15-9+. The predicted molar refractivity (Wildman–Crippen MR) is 68.8 cm³/mol. The van der Waals surface area contributed by atoms with Crippen molar-refractivity contribution in [2.75, 3.05) is 0 Å². The number of aliphatic imine (C=N–C) groups is 1. The zero-order chi connectivity index (χ0) is 11.3. The highest BCUT2D eigenvalue weighted by molar-refractivity contribution is 6.38. The lowest BCUT2D eigenvalue weighted by Gasteiger charge is -2.03. The van der Waals surface area contributed by atoms with Gasteiger partial charge in [-0.2, -0.15) is 0 Å². The number of nitrogens with zero attached hydrogens (tertiary/aromatic N) is 1. The summed E-state index contributed by atoms with van der Waals surface area (Å²) in [5.74, 6) is 0. The van der Waals surface area contributed by atoms with E-state index in [1.165, 1.54) is 6.42 Å². The summed E-state index contributed by atoms with van der Waals surface area (Å²) in [6.07, 6.45) is 3.32. The summed E-state index contributed by atoms with van der Waals surface area (Å²) in [4.78, 5) is 4.45. The van der Waals surface area contributed by atoms with Gasteiger partial charge in [-0.15, -0.1) is 0 Å². The van der Waals surface area contributed by atoms with Gasteiger partial charge in [-0.25, -0.2) is 0 Å². The number of halogens is 2. The van der Waals surface area contributed by atoms with Gasteiger partial charge < -0.3 is 0 Å². The minimum Gasteiger partial charge on any atom is -0.255 e. The normalized spacial score (nSPS) is 11.9. The molecule has 0 aliphatic heterocycles. The lowest BCUT2D eigenvalue weighted by atomic mass is 10.2. The van der Waals surface area contributed by atoms with E-state index in [0.29, 0.717) is 15.7 Å². The molecule has 0 atom stereocenters. The summed E-state index contributed by atoms with van der Waals surface area (Å²) in [5.41, 5.74) is 1.77. The van der Waals surface area contributed by atoms with Crippen molar-refractivity contribution < 1.29 is 0 Å². The summed E-state index contributed by atoms with van der Waals surface area (Å²) in [6, 6.07) is 5.43. The van der Waals surface area contributed by atoms with Gasteiger partial charge in [0.1, 0.15) is 5.69 Å². The van der Waals surface area contributed by atoms with Crippen LogP contribution in [0.5, 0.6) is 0 Å². The molecule has 0 spiro atoms. The van der Waals surface area contributed by atoms with Gasteiger partial charge in [-0.1, -0.05) is 42.6 Å². The lowest BCUT2D eigenvalue weighted by Crippen LogP contribution is -1.90. The van der Waals surface area contributed by atoms with Crippen LogP contribution < -0.4 is 0 Å². The van der Waals surface area contributed by atoms with E-state index in [1.54, 1.807) is 12.1 Å². The summed E-state index contributed by atoms with van der Waals surface area (Å²) in [6.45, 7) is 4.17. The Morgan fingerprint density at radius 1 is 1.27 bits per heavy atom. The SMILES string of the molecule is CCCC/C(C)=N/c1c(Cl)cccc1Cl. The zero-order valence-electron chi connectivity index (χ0n) is 9.06. The van der Waals surface area contributed by atoms with Crippen molar-refractivity contribution in [1.29, 1.82) is 0 Å². The van der Waals surface area contributed by atoms with Gasteiger partial charge in [0.05, 0.1) is 10.0 Å². The molecular formula is C12H15Cl2N. The van der Waals surface area contributed by atoms with Crippen LogP contribution in [0.3, 0.4) is 0 Å². The third kappa shape index (κ3) is 3.84. The topological polar surface area (TPSA) is 12.4 Å². The molecule has 1 aromatic rings. The molecule has 0 radical (unpaired) electrons. The Bertz CT molecular complexity index is 338. The predicted octanol–water partition coefficient (Wildman–Crippen LogP) is 5.28. The van der Waals surface area contributed by atoms with Gasteiger partial charge in [0.2, 0.25) is 0 Å². The Morgan fingerprint density at radius 3 is 2.40 bits per heavy atom. The number of hydrogen-bond donors (Lipinski definition) is 0. The largest absolute Gasteiger partial charge is 0.255 e. The molecular weight excluding hydrogens is 229 g/mol. The molecule has 1 rings (SSSR count). The molecule has 3 heteroatoms. The van der Waals surface area contributed by atoms with Crippen LogP contribution in [0.2, 0.25) is 10.0 Å². The Hall–Kier alpha value is -0.530. The first-order valence-corrected chi connectivity index (χ1v) is 5.89. The monoisotopic (exact) mass is 243 g/mol. The fourth-order valence-electron chi connectivity index (χ4n) is 1.28. The summed E-state index contributed by atoms with van der Waals surface area (Å²) >= 11 is 12.0. The molecule has 1 aromatic carbocycles. The molecule has 0 amide bonds. The first kappa shape index (κ1) is 12.5. The molecule has 0 bridgehead atoms. The second-order valence-corrected chi connectivity index (χ2v) is 4.34. The number of unbranched alkanes of at least 4 members (excludes halogenated alkanes) is 1. The number of rotatable bonds is 4. The average Bonchev–Trinajstić information content (AvgIpc) is 2.21. The van der Waals surface area contributed by atoms with Crippen LogP contribution in [0.1, 0.15) is 33.1 Å². The minimum absolute atomic E-state index is 0.610. The Balaban J connectivity index is 2.87. The highest BCUT2D eigenvalue weighted by Gasteiger charge is 2.03. The van der Waals surface area contributed by atoms with Crippen LogP contribution in [0.4, 0.5) is 5.69 Å². The second-order valence-electron chi connectivity index (χ2n) is 3.52. The maximum Gasteiger partial charge on any atom is 0.100 e. The first-order valence-electron chi connectivity index (χ1n) is 5.13. The lowest BCUT2D eigenvalue weighted by molar-refractivity contribution is 0.833. The quantitative estimate of drug-likeness (QED) is 0.639. The van der Waals surface area contributed by atoms with Crippen molar-refractivity contribution in [1.82, 2.24) is 0 Å². The number of hydrogen-bond acceptors (Lipinski definition) is 1. The summed E-state index contributed by atoms with van der Waals surface area (Å²) < 4.78 is 0. The maximum atomic E-state index is 6.02. The first-order chi connectivity index (χ1) is 7.15. The van der Waals surface area contributed by atoms with Gasteiger partial charge in [0.15, 0.2) is 0 Å².